The molecule has 0 aliphatic heterocycles. The van der Waals surface area contributed by atoms with Crippen molar-refractivity contribution in [2.45, 2.75) is 58.0 Å². The molecule has 0 bridgehead atoms. The molecular weight excluding hydrogens is 290 g/mol. The summed E-state index contributed by atoms with van der Waals surface area (Å²) in [7, 11) is -3.82. The molecule has 2 N–H and O–H groups in total. The third-order valence-corrected chi connectivity index (χ3v) is 4.53. The van der Waals surface area contributed by atoms with Gasteiger partial charge >= 0.3 is 0 Å². The van der Waals surface area contributed by atoms with Crippen LogP contribution in [0.3, 0.4) is 0 Å². The largest absolute Gasteiger partial charge is 0.340 e. The van der Waals surface area contributed by atoms with Crippen LogP contribution >= 0.6 is 0 Å². The van der Waals surface area contributed by atoms with Crippen molar-refractivity contribution in [3.8, 4) is 0 Å². The van der Waals surface area contributed by atoms with Gasteiger partial charge in [-0.1, -0.05) is 6.92 Å². The number of sulfonamides is 1. The lowest BCUT2D eigenvalue weighted by molar-refractivity contribution is 0.0687. The molecule has 1 amide bonds. The maximum absolute atomic E-state index is 12.7. The molecule has 1 atom stereocenters. The predicted octanol–water partition coefficient (Wildman–Crippen LogP) is 1.98. The summed E-state index contributed by atoms with van der Waals surface area (Å²) in [4.78, 5) is 14.4. The minimum atomic E-state index is -3.82. The minimum absolute atomic E-state index is 0.0280. The smallest absolute Gasteiger partial charge is 0.270 e. The molecule has 1 heterocycles. The van der Waals surface area contributed by atoms with Crippen LogP contribution in [-0.2, 0) is 10.0 Å². The normalized spacial score (nSPS) is 13.5. The van der Waals surface area contributed by atoms with Crippen LogP contribution in [0.5, 0.6) is 0 Å². The van der Waals surface area contributed by atoms with Crippen LogP contribution in [0, 0.1) is 0 Å². The first-order valence-corrected chi connectivity index (χ1v) is 8.73. The fraction of sp³-hybridized carbons (Fsp3) is 0.643. The van der Waals surface area contributed by atoms with Crippen molar-refractivity contribution in [3.63, 3.8) is 0 Å². The van der Waals surface area contributed by atoms with E-state index in [1.165, 1.54) is 12.3 Å². The van der Waals surface area contributed by atoms with Crippen LogP contribution in [0.1, 0.15) is 57.6 Å². The molecule has 1 rings (SSSR count). The lowest BCUT2D eigenvalue weighted by Crippen LogP contribution is -2.39. The first-order chi connectivity index (χ1) is 9.63. The molecule has 21 heavy (non-hydrogen) atoms. The molecule has 0 saturated carbocycles. The molecule has 120 valence electrons. The summed E-state index contributed by atoms with van der Waals surface area (Å²) in [5, 5.41) is 5.17. The number of primary sulfonamides is 1. The molecule has 1 aromatic heterocycles. The summed E-state index contributed by atoms with van der Waals surface area (Å²) >= 11 is 0. The molecule has 0 radical (unpaired) electrons. The zero-order valence-corrected chi connectivity index (χ0v) is 14.1. The molecule has 0 aromatic carbocycles. The van der Waals surface area contributed by atoms with Crippen molar-refractivity contribution in [1.82, 2.24) is 9.47 Å². The van der Waals surface area contributed by atoms with Crippen LogP contribution in [-0.4, -0.2) is 36.4 Å². The van der Waals surface area contributed by atoms with Crippen LogP contribution < -0.4 is 5.14 Å². The summed E-state index contributed by atoms with van der Waals surface area (Å²) in [5.74, 6) is -0.171. The summed E-state index contributed by atoms with van der Waals surface area (Å²) in [6, 6.07) is 1.42. The van der Waals surface area contributed by atoms with Gasteiger partial charge in [0.25, 0.3) is 5.91 Å². The summed E-state index contributed by atoms with van der Waals surface area (Å²) in [6.45, 7) is 10.3. The van der Waals surface area contributed by atoms with E-state index in [9.17, 15) is 13.2 Å². The van der Waals surface area contributed by atoms with Gasteiger partial charge in [-0.3, -0.25) is 4.79 Å². The average Bonchev–Trinajstić information content (AvgIpc) is 2.84. The molecule has 7 heteroatoms. The van der Waals surface area contributed by atoms with Crippen molar-refractivity contribution in [3.05, 3.63) is 18.0 Å². The van der Waals surface area contributed by atoms with Crippen LogP contribution in [0.15, 0.2) is 17.2 Å². The molecular formula is C14H25N3O3S. The maximum atomic E-state index is 12.7. The number of carbonyl (C=O) groups is 1. The fourth-order valence-corrected chi connectivity index (χ4v) is 2.77. The quantitative estimate of drug-likeness (QED) is 0.871. The zero-order valence-electron chi connectivity index (χ0n) is 13.3. The van der Waals surface area contributed by atoms with Gasteiger partial charge in [0.2, 0.25) is 10.0 Å². The van der Waals surface area contributed by atoms with E-state index < -0.39 is 10.0 Å². The van der Waals surface area contributed by atoms with Gasteiger partial charge in [-0.05, 0) is 40.2 Å². The Kier molecular flexibility index (Phi) is 5.58. The van der Waals surface area contributed by atoms with E-state index in [4.69, 9.17) is 5.14 Å². The molecule has 0 aliphatic rings. The fourth-order valence-electron chi connectivity index (χ4n) is 2.23. The standard InChI is InChI=1S/C14H25N3O3S/c1-6-11(5)16(7-2)14(18)13-8-12(21(15,19)20)9-17(13)10(3)4/h8-11H,6-7H2,1-5H3,(H2,15,19,20). The maximum Gasteiger partial charge on any atom is 0.270 e. The van der Waals surface area contributed by atoms with Crippen molar-refractivity contribution < 1.29 is 13.2 Å². The van der Waals surface area contributed by atoms with Crippen molar-refractivity contribution in [1.29, 1.82) is 0 Å². The van der Waals surface area contributed by atoms with Gasteiger partial charge in [-0.2, -0.15) is 0 Å². The molecule has 1 unspecified atom stereocenters. The Labute approximate surface area is 127 Å². The highest BCUT2D eigenvalue weighted by molar-refractivity contribution is 7.89. The van der Waals surface area contributed by atoms with E-state index in [-0.39, 0.29) is 22.9 Å². The van der Waals surface area contributed by atoms with Gasteiger partial charge < -0.3 is 9.47 Å². The molecule has 0 fully saturated rings. The van der Waals surface area contributed by atoms with Crippen molar-refractivity contribution >= 4 is 15.9 Å². The zero-order chi connectivity index (χ0) is 16.4. The third-order valence-electron chi connectivity index (χ3n) is 3.65. The van der Waals surface area contributed by atoms with E-state index in [0.29, 0.717) is 12.2 Å². The van der Waals surface area contributed by atoms with Crippen molar-refractivity contribution in [2.24, 2.45) is 5.14 Å². The van der Waals surface area contributed by atoms with Gasteiger partial charge in [0.1, 0.15) is 10.6 Å². The van der Waals surface area contributed by atoms with Gasteiger partial charge in [0, 0.05) is 24.8 Å². The minimum Gasteiger partial charge on any atom is -0.340 e. The van der Waals surface area contributed by atoms with E-state index in [2.05, 4.69) is 0 Å². The summed E-state index contributed by atoms with van der Waals surface area (Å²) < 4.78 is 24.7. The lowest BCUT2D eigenvalue weighted by atomic mass is 10.2. The van der Waals surface area contributed by atoms with Crippen LogP contribution in [0.2, 0.25) is 0 Å². The number of nitrogens with two attached hydrogens (primary N) is 1. The third kappa shape index (κ3) is 3.85. The van der Waals surface area contributed by atoms with E-state index in [0.717, 1.165) is 6.42 Å². The second kappa shape index (κ2) is 6.62. The monoisotopic (exact) mass is 315 g/mol. The lowest BCUT2D eigenvalue weighted by Gasteiger charge is -2.28. The first kappa shape index (κ1) is 17.7. The van der Waals surface area contributed by atoms with Gasteiger partial charge in [-0.15, -0.1) is 0 Å². The number of aromatic nitrogens is 1. The average molecular weight is 315 g/mol. The molecule has 0 aliphatic carbocycles. The molecule has 0 spiro atoms. The molecule has 0 saturated heterocycles. The number of hydrogen-bond donors (Lipinski definition) is 1. The number of hydrogen-bond acceptors (Lipinski definition) is 3. The predicted molar refractivity (Wildman–Crippen MR) is 82.7 cm³/mol. The number of nitrogens with zero attached hydrogens (tertiary/aromatic N) is 2. The SMILES string of the molecule is CCC(C)N(CC)C(=O)c1cc(S(N)(=O)=O)cn1C(C)C. The number of carbonyl (C=O) groups excluding carboxylic acids is 1. The Hall–Kier alpha value is -1.34. The Balaban J connectivity index is 3.34. The Morgan fingerprint density at radius 3 is 2.29 bits per heavy atom. The van der Waals surface area contributed by atoms with Crippen molar-refractivity contribution in [2.75, 3.05) is 6.54 Å². The van der Waals surface area contributed by atoms with Gasteiger partial charge in [-0.25, -0.2) is 13.6 Å². The molecule has 6 nitrogen and oxygen atoms in total. The van der Waals surface area contributed by atoms with E-state index in [1.807, 2.05) is 34.6 Å². The second-order valence-electron chi connectivity index (χ2n) is 5.46. The Morgan fingerprint density at radius 1 is 1.33 bits per heavy atom. The van der Waals surface area contributed by atoms with Crippen LogP contribution in [0.4, 0.5) is 0 Å². The van der Waals surface area contributed by atoms with Crippen LogP contribution in [0.25, 0.3) is 0 Å². The first-order valence-electron chi connectivity index (χ1n) is 7.19. The number of rotatable bonds is 6. The van der Waals surface area contributed by atoms with E-state index >= 15 is 0 Å². The Morgan fingerprint density at radius 2 is 1.90 bits per heavy atom. The topological polar surface area (TPSA) is 85.4 Å². The second-order valence-corrected chi connectivity index (χ2v) is 7.02. The highest BCUT2D eigenvalue weighted by Gasteiger charge is 2.25. The highest BCUT2D eigenvalue weighted by atomic mass is 32.2. The molecule has 1 aromatic rings. The van der Waals surface area contributed by atoms with E-state index in [1.54, 1.807) is 9.47 Å². The number of amides is 1. The van der Waals surface area contributed by atoms with Gasteiger partial charge in [0.15, 0.2) is 0 Å². The highest BCUT2D eigenvalue weighted by Crippen LogP contribution is 2.20. The Bertz CT molecular complexity index is 605. The summed E-state index contributed by atoms with van der Waals surface area (Å²) in [6.07, 6.45) is 2.27. The summed E-state index contributed by atoms with van der Waals surface area (Å²) in [5.41, 5.74) is 0.358. The van der Waals surface area contributed by atoms with Gasteiger partial charge in [0.05, 0.1) is 0 Å².